The maximum Gasteiger partial charge on any atom is 0.227 e. The Balaban J connectivity index is 1.53. The lowest BCUT2D eigenvalue weighted by atomic mass is 9.86. The van der Waals surface area contributed by atoms with Gasteiger partial charge in [0.15, 0.2) is 11.5 Å². The molecule has 2 fully saturated rings. The van der Waals surface area contributed by atoms with Crippen molar-refractivity contribution in [2.45, 2.75) is 31.7 Å². The number of ether oxygens (including phenoxy) is 3. The summed E-state index contributed by atoms with van der Waals surface area (Å²) in [4.78, 5) is 15.8. The van der Waals surface area contributed by atoms with Crippen molar-refractivity contribution in [2.75, 3.05) is 34.0 Å². The van der Waals surface area contributed by atoms with Crippen LogP contribution in [0.5, 0.6) is 11.5 Å². The first-order valence-corrected chi connectivity index (χ1v) is 10.8. The summed E-state index contributed by atoms with van der Waals surface area (Å²) in [5.41, 5.74) is 3.68. The number of fused-ring (bicyclic) bond motifs is 1. The minimum Gasteiger partial charge on any atom is -0.493 e. The van der Waals surface area contributed by atoms with Crippen LogP contribution in [-0.4, -0.2) is 44.8 Å². The maximum absolute atomic E-state index is 13.7. The van der Waals surface area contributed by atoms with Crippen molar-refractivity contribution in [3.8, 4) is 11.5 Å². The molecule has 5 heteroatoms. The molecule has 158 valence electrons. The normalized spacial score (nSPS) is 24.3. The summed E-state index contributed by atoms with van der Waals surface area (Å²) in [5.74, 6) is 1.88. The first-order valence-electron chi connectivity index (χ1n) is 10.8. The van der Waals surface area contributed by atoms with Crippen LogP contribution in [-0.2, 0) is 16.0 Å². The number of carbonyl (C=O) groups is 1. The van der Waals surface area contributed by atoms with Crippen molar-refractivity contribution in [3.63, 3.8) is 0 Å². The summed E-state index contributed by atoms with van der Waals surface area (Å²) in [5, 5.41) is 0. The number of methoxy groups -OCH3 is 2. The molecule has 1 aliphatic carbocycles. The lowest BCUT2D eigenvalue weighted by molar-refractivity contribution is -0.136. The van der Waals surface area contributed by atoms with Crippen LogP contribution in [0.3, 0.4) is 0 Å². The quantitative estimate of drug-likeness (QED) is 0.769. The highest BCUT2D eigenvalue weighted by Crippen LogP contribution is 2.60. The van der Waals surface area contributed by atoms with E-state index in [0.29, 0.717) is 11.7 Å². The molecule has 1 saturated carbocycles. The van der Waals surface area contributed by atoms with Gasteiger partial charge in [0.2, 0.25) is 5.91 Å². The van der Waals surface area contributed by atoms with E-state index in [4.69, 9.17) is 14.2 Å². The zero-order valence-electron chi connectivity index (χ0n) is 17.7. The van der Waals surface area contributed by atoms with Gasteiger partial charge < -0.3 is 19.1 Å². The summed E-state index contributed by atoms with van der Waals surface area (Å²) >= 11 is 0. The van der Waals surface area contributed by atoms with Crippen LogP contribution < -0.4 is 9.47 Å². The van der Waals surface area contributed by atoms with Gasteiger partial charge in [-0.3, -0.25) is 4.79 Å². The molecule has 2 unspecified atom stereocenters. The molecule has 0 radical (unpaired) electrons. The fourth-order valence-corrected chi connectivity index (χ4v) is 5.41. The minimum absolute atomic E-state index is 0.0975. The molecule has 2 atom stereocenters. The standard InChI is InChI=1S/C25H29NO4/c1-28-21-14-18-8-11-26(24(27)20-16-25(20)9-12-30-13-10-25)23(17-6-4-3-5-7-17)19(18)15-22(21)29-2/h3-7,14-15,20,23H,8-13,16H2,1-2H3. The molecule has 2 aromatic rings. The molecule has 2 aliphatic heterocycles. The van der Waals surface area contributed by atoms with Gasteiger partial charge in [0.25, 0.3) is 0 Å². The number of nitrogens with zero attached hydrogens (tertiary/aromatic N) is 1. The van der Waals surface area contributed by atoms with E-state index in [1.165, 1.54) is 5.56 Å². The zero-order valence-corrected chi connectivity index (χ0v) is 17.7. The third kappa shape index (κ3) is 3.16. The summed E-state index contributed by atoms with van der Waals surface area (Å²) in [6.07, 6.45) is 3.85. The molecular formula is C25H29NO4. The minimum atomic E-state index is -0.0975. The van der Waals surface area contributed by atoms with Crippen LogP contribution in [0.1, 0.15) is 42.0 Å². The number of hydrogen-bond acceptors (Lipinski definition) is 4. The van der Waals surface area contributed by atoms with Gasteiger partial charge in [-0.15, -0.1) is 0 Å². The molecule has 2 aromatic carbocycles. The van der Waals surface area contributed by atoms with E-state index < -0.39 is 0 Å². The average molecular weight is 408 g/mol. The molecule has 3 aliphatic rings. The molecule has 0 bridgehead atoms. The van der Waals surface area contributed by atoms with E-state index in [0.717, 1.165) is 62.3 Å². The Kier molecular flexibility index (Phi) is 4.94. The van der Waals surface area contributed by atoms with Gasteiger partial charge in [-0.25, -0.2) is 0 Å². The Morgan fingerprint density at radius 1 is 1.07 bits per heavy atom. The number of benzene rings is 2. The number of amides is 1. The average Bonchev–Trinajstić information content (AvgIpc) is 3.50. The third-order valence-corrected chi connectivity index (χ3v) is 7.25. The maximum atomic E-state index is 13.7. The van der Waals surface area contributed by atoms with Crippen LogP contribution >= 0.6 is 0 Å². The van der Waals surface area contributed by atoms with Crippen molar-refractivity contribution in [1.82, 2.24) is 4.90 Å². The molecule has 5 nitrogen and oxygen atoms in total. The van der Waals surface area contributed by atoms with Gasteiger partial charge in [0.1, 0.15) is 0 Å². The predicted molar refractivity (Wildman–Crippen MR) is 114 cm³/mol. The van der Waals surface area contributed by atoms with Crippen molar-refractivity contribution >= 4 is 5.91 Å². The first kappa shape index (κ1) is 19.4. The van der Waals surface area contributed by atoms with Gasteiger partial charge in [-0.05, 0) is 59.9 Å². The highest BCUT2D eigenvalue weighted by atomic mass is 16.5. The highest BCUT2D eigenvalue weighted by molar-refractivity contribution is 5.84. The molecule has 0 N–H and O–H groups in total. The van der Waals surface area contributed by atoms with Gasteiger partial charge in [0.05, 0.1) is 20.3 Å². The lowest BCUT2D eigenvalue weighted by Crippen LogP contribution is -2.42. The van der Waals surface area contributed by atoms with Crippen LogP contribution in [0.2, 0.25) is 0 Å². The largest absolute Gasteiger partial charge is 0.493 e. The summed E-state index contributed by atoms with van der Waals surface area (Å²) < 4.78 is 16.7. The topological polar surface area (TPSA) is 48.0 Å². The Bertz CT molecular complexity index is 936. The SMILES string of the molecule is COc1cc2c(cc1OC)C(c1ccccc1)N(C(=O)C1CC13CCOCC3)CC2. The fraction of sp³-hybridized carbons (Fsp3) is 0.480. The molecule has 0 aromatic heterocycles. The van der Waals surface area contributed by atoms with E-state index >= 15 is 0 Å². The fourth-order valence-electron chi connectivity index (χ4n) is 5.41. The second-order valence-electron chi connectivity index (χ2n) is 8.73. The molecule has 1 saturated heterocycles. The molecule has 30 heavy (non-hydrogen) atoms. The van der Waals surface area contributed by atoms with Crippen LogP contribution in [0, 0.1) is 11.3 Å². The number of hydrogen-bond donors (Lipinski definition) is 0. The van der Waals surface area contributed by atoms with Crippen molar-refractivity contribution in [3.05, 3.63) is 59.2 Å². The smallest absolute Gasteiger partial charge is 0.227 e. The van der Waals surface area contributed by atoms with Crippen LogP contribution in [0.25, 0.3) is 0 Å². The van der Waals surface area contributed by atoms with E-state index in [-0.39, 0.29) is 17.4 Å². The summed E-state index contributed by atoms with van der Waals surface area (Å²) in [6.45, 7) is 2.29. The van der Waals surface area contributed by atoms with E-state index in [1.54, 1.807) is 14.2 Å². The molecule has 5 rings (SSSR count). The Hall–Kier alpha value is -2.53. The predicted octanol–water partition coefficient (Wildman–Crippen LogP) is 3.99. The van der Waals surface area contributed by atoms with E-state index in [9.17, 15) is 4.79 Å². The molecular weight excluding hydrogens is 378 g/mol. The molecule has 1 amide bonds. The lowest BCUT2D eigenvalue weighted by Gasteiger charge is -2.39. The number of carbonyl (C=O) groups excluding carboxylic acids is 1. The second-order valence-corrected chi connectivity index (χ2v) is 8.73. The van der Waals surface area contributed by atoms with Gasteiger partial charge in [-0.2, -0.15) is 0 Å². The van der Waals surface area contributed by atoms with E-state index in [1.807, 2.05) is 18.2 Å². The van der Waals surface area contributed by atoms with Crippen LogP contribution in [0.4, 0.5) is 0 Å². The second kappa shape index (κ2) is 7.62. The van der Waals surface area contributed by atoms with Crippen molar-refractivity contribution in [2.24, 2.45) is 11.3 Å². The van der Waals surface area contributed by atoms with Gasteiger partial charge in [0, 0.05) is 25.7 Å². The summed E-state index contributed by atoms with van der Waals surface area (Å²) in [6, 6.07) is 14.4. The molecule has 1 spiro atoms. The van der Waals surface area contributed by atoms with Crippen molar-refractivity contribution < 1.29 is 19.0 Å². The summed E-state index contributed by atoms with van der Waals surface area (Å²) in [7, 11) is 3.32. The highest BCUT2D eigenvalue weighted by Gasteiger charge is 2.59. The monoisotopic (exact) mass is 407 g/mol. The van der Waals surface area contributed by atoms with E-state index in [2.05, 4.69) is 29.2 Å². The Morgan fingerprint density at radius 3 is 2.47 bits per heavy atom. The Morgan fingerprint density at radius 2 is 1.77 bits per heavy atom. The van der Waals surface area contributed by atoms with Gasteiger partial charge >= 0.3 is 0 Å². The Labute approximate surface area is 177 Å². The van der Waals surface area contributed by atoms with Crippen molar-refractivity contribution in [1.29, 1.82) is 0 Å². The zero-order chi connectivity index (χ0) is 20.7. The molecule has 2 heterocycles. The van der Waals surface area contributed by atoms with Gasteiger partial charge in [-0.1, -0.05) is 30.3 Å². The third-order valence-electron chi connectivity index (χ3n) is 7.25. The van der Waals surface area contributed by atoms with Crippen LogP contribution in [0.15, 0.2) is 42.5 Å². The number of rotatable bonds is 4. The first-order chi connectivity index (χ1) is 14.7.